The Balaban J connectivity index is 1.69. The van der Waals surface area contributed by atoms with E-state index in [1.165, 1.54) is 12.8 Å². The Morgan fingerprint density at radius 2 is 1.86 bits per heavy atom. The normalized spacial score (nSPS) is 15.1. The Labute approximate surface area is 131 Å². The number of benzene rings is 2. The van der Waals surface area contributed by atoms with Gasteiger partial charge in [0.1, 0.15) is 5.75 Å². The molecule has 1 aliphatic carbocycles. The molecule has 0 spiro atoms. The number of carbonyl (C=O) groups excluding carboxylic acids is 1. The van der Waals surface area contributed by atoms with Gasteiger partial charge in [0.15, 0.2) is 6.61 Å². The molecular formula is C19H23NO2. The Kier molecular flexibility index (Phi) is 4.62. The summed E-state index contributed by atoms with van der Waals surface area (Å²) in [6.07, 6.45) is 4.74. The van der Waals surface area contributed by atoms with Gasteiger partial charge in [0, 0.05) is 18.0 Å². The molecule has 1 fully saturated rings. The lowest BCUT2D eigenvalue weighted by Gasteiger charge is -2.27. The molecule has 0 unspecified atom stereocenters. The van der Waals surface area contributed by atoms with E-state index in [-0.39, 0.29) is 12.5 Å². The Morgan fingerprint density at radius 3 is 2.64 bits per heavy atom. The van der Waals surface area contributed by atoms with Crippen LogP contribution in [0.4, 0.5) is 0 Å². The maximum atomic E-state index is 12.5. The number of rotatable bonds is 5. The highest BCUT2D eigenvalue weighted by atomic mass is 16.5. The monoisotopic (exact) mass is 297 g/mol. The van der Waals surface area contributed by atoms with Gasteiger partial charge in [0.25, 0.3) is 5.91 Å². The quantitative estimate of drug-likeness (QED) is 0.834. The predicted octanol–water partition coefficient (Wildman–Crippen LogP) is 4.01. The van der Waals surface area contributed by atoms with Gasteiger partial charge in [-0.3, -0.25) is 4.79 Å². The van der Waals surface area contributed by atoms with Gasteiger partial charge in [0.2, 0.25) is 0 Å². The maximum Gasteiger partial charge on any atom is 0.260 e. The Morgan fingerprint density at radius 1 is 1.14 bits per heavy atom. The predicted molar refractivity (Wildman–Crippen MR) is 89.1 cm³/mol. The number of fused-ring (bicyclic) bond motifs is 1. The lowest BCUT2D eigenvalue weighted by molar-refractivity contribution is -0.135. The van der Waals surface area contributed by atoms with Crippen LogP contribution in [0.2, 0.25) is 0 Å². The molecule has 116 valence electrons. The highest BCUT2D eigenvalue weighted by Gasteiger charge is 2.25. The second kappa shape index (κ2) is 6.82. The lowest BCUT2D eigenvalue weighted by Crippen LogP contribution is -2.41. The summed E-state index contributed by atoms with van der Waals surface area (Å²) in [5, 5.41) is 2.19. The molecule has 0 heterocycles. The Hall–Kier alpha value is -2.03. The van der Waals surface area contributed by atoms with E-state index in [1.807, 2.05) is 42.2 Å². The summed E-state index contributed by atoms with van der Waals surface area (Å²) in [5.74, 6) is 0.885. The van der Waals surface area contributed by atoms with Gasteiger partial charge in [-0.15, -0.1) is 0 Å². The fraction of sp³-hybridized carbons (Fsp3) is 0.421. The second-order valence-electron chi connectivity index (χ2n) is 5.88. The van der Waals surface area contributed by atoms with Crippen LogP contribution in [0, 0.1) is 0 Å². The minimum Gasteiger partial charge on any atom is -0.483 e. The summed E-state index contributed by atoms with van der Waals surface area (Å²) in [5.41, 5.74) is 0. The third kappa shape index (κ3) is 3.08. The summed E-state index contributed by atoms with van der Waals surface area (Å²) in [4.78, 5) is 14.5. The molecule has 0 N–H and O–H groups in total. The van der Waals surface area contributed by atoms with E-state index >= 15 is 0 Å². The fourth-order valence-electron chi connectivity index (χ4n) is 3.40. The molecule has 0 aliphatic heterocycles. The molecule has 1 amide bonds. The summed E-state index contributed by atoms with van der Waals surface area (Å²) >= 11 is 0. The molecule has 2 aromatic rings. The zero-order valence-electron chi connectivity index (χ0n) is 13.1. The number of amides is 1. The van der Waals surface area contributed by atoms with Crippen LogP contribution in [0.25, 0.3) is 10.8 Å². The van der Waals surface area contributed by atoms with E-state index in [9.17, 15) is 4.79 Å². The van der Waals surface area contributed by atoms with Gasteiger partial charge in [-0.25, -0.2) is 0 Å². The Bertz CT molecular complexity index is 641. The largest absolute Gasteiger partial charge is 0.483 e. The molecular weight excluding hydrogens is 274 g/mol. The van der Waals surface area contributed by atoms with Crippen molar-refractivity contribution < 1.29 is 9.53 Å². The molecule has 3 rings (SSSR count). The molecule has 0 atom stereocenters. The van der Waals surface area contributed by atoms with Crippen molar-refractivity contribution in [3.63, 3.8) is 0 Å². The first-order valence-electron chi connectivity index (χ1n) is 8.19. The number of hydrogen-bond acceptors (Lipinski definition) is 2. The van der Waals surface area contributed by atoms with E-state index in [2.05, 4.69) is 12.1 Å². The molecule has 0 radical (unpaired) electrons. The van der Waals surface area contributed by atoms with Crippen LogP contribution in [-0.2, 0) is 4.79 Å². The molecule has 2 aromatic carbocycles. The lowest BCUT2D eigenvalue weighted by atomic mass is 10.1. The van der Waals surface area contributed by atoms with Gasteiger partial charge in [0.05, 0.1) is 0 Å². The van der Waals surface area contributed by atoms with Crippen molar-refractivity contribution in [1.29, 1.82) is 0 Å². The van der Waals surface area contributed by atoms with Crippen LogP contribution in [0.1, 0.15) is 32.6 Å². The van der Waals surface area contributed by atoms with Gasteiger partial charge >= 0.3 is 0 Å². The van der Waals surface area contributed by atoms with Crippen molar-refractivity contribution in [2.75, 3.05) is 13.2 Å². The number of likely N-dealkylation sites (N-methyl/N-ethyl adjacent to an activating group) is 1. The van der Waals surface area contributed by atoms with Crippen molar-refractivity contribution in [1.82, 2.24) is 4.90 Å². The van der Waals surface area contributed by atoms with Crippen LogP contribution in [0.3, 0.4) is 0 Å². The summed E-state index contributed by atoms with van der Waals surface area (Å²) in [6.45, 7) is 2.94. The van der Waals surface area contributed by atoms with Crippen molar-refractivity contribution in [2.24, 2.45) is 0 Å². The van der Waals surface area contributed by atoms with Crippen molar-refractivity contribution in [2.45, 2.75) is 38.6 Å². The van der Waals surface area contributed by atoms with Crippen LogP contribution in [0.5, 0.6) is 5.75 Å². The van der Waals surface area contributed by atoms with E-state index < -0.39 is 0 Å². The molecule has 3 heteroatoms. The van der Waals surface area contributed by atoms with E-state index in [1.54, 1.807) is 0 Å². The van der Waals surface area contributed by atoms with Crippen LogP contribution in [-0.4, -0.2) is 30.0 Å². The fourth-order valence-corrected chi connectivity index (χ4v) is 3.40. The van der Waals surface area contributed by atoms with Gasteiger partial charge in [-0.2, -0.15) is 0 Å². The first-order chi connectivity index (χ1) is 10.8. The second-order valence-corrected chi connectivity index (χ2v) is 5.88. The first-order valence-corrected chi connectivity index (χ1v) is 8.19. The van der Waals surface area contributed by atoms with Crippen molar-refractivity contribution in [3.05, 3.63) is 42.5 Å². The zero-order valence-corrected chi connectivity index (χ0v) is 13.1. The van der Waals surface area contributed by atoms with Crippen molar-refractivity contribution in [3.8, 4) is 5.75 Å². The molecule has 0 saturated heterocycles. The third-order valence-corrected chi connectivity index (χ3v) is 4.53. The smallest absolute Gasteiger partial charge is 0.260 e. The number of ether oxygens (including phenoxy) is 1. The summed E-state index contributed by atoms with van der Waals surface area (Å²) in [6, 6.07) is 14.5. The van der Waals surface area contributed by atoms with E-state index in [0.717, 1.165) is 35.9 Å². The minimum atomic E-state index is 0.0994. The first kappa shape index (κ1) is 14.9. The zero-order chi connectivity index (χ0) is 15.4. The number of hydrogen-bond donors (Lipinski definition) is 0. The third-order valence-electron chi connectivity index (χ3n) is 4.53. The van der Waals surface area contributed by atoms with Crippen molar-refractivity contribution >= 4 is 16.7 Å². The average Bonchev–Trinajstić information content (AvgIpc) is 3.07. The molecule has 1 aliphatic rings. The highest BCUT2D eigenvalue weighted by molar-refractivity contribution is 5.88. The average molecular weight is 297 g/mol. The standard InChI is InChI=1S/C19H23NO2/c1-2-20(16-10-4-5-11-16)19(21)14-22-18-13-7-9-15-8-3-6-12-17(15)18/h3,6-9,12-13,16H,2,4-5,10-11,14H2,1H3. The van der Waals surface area contributed by atoms with E-state index in [4.69, 9.17) is 4.74 Å². The van der Waals surface area contributed by atoms with Crippen LogP contribution < -0.4 is 4.74 Å². The number of nitrogens with zero attached hydrogens (tertiary/aromatic N) is 1. The molecule has 3 nitrogen and oxygen atoms in total. The summed E-state index contributed by atoms with van der Waals surface area (Å²) in [7, 11) is 0. The van der Waals surface area contributed by atoms with Gasteiger partial charge in [-0.1, -0.05) is 49.2 Å². The molecule has 1 saturated carbocycles. The van der Waals surface area contributed by atoms with Crippen LogP contribution in [0.15, 0.2) is 42.5 Å². The van der Waals surface area contributed by atoms with Gasteiger partial charge in [-0.05, 0) is 31.2 Å². The highest BCUT2D eigenvalue weighted by Crippen LogP contribution is 2.26. The van der Waals surface area contributed by atoms with Crippen LogP contribution >= 0.6 is 0 Å². The molecule has 0 aromatic heterocycles. The SMILES string of the molecule is CCN(C(=O)COc1cccc2ccccc12)C1CCCC1. The number of carbonyl (C=O) groups is 1. The topological polar surface area (TPSA) is 29.5 Å². The summed E-state index contributed by atoms with van der Waals surface area (Å²) < 4.78 is 5.83. The van der Waals surface area contributed by atoms with Gasteiger partial charge < -0.3 is 9.64 Å². The molecule has 0 bridgehead atoms. The molecule has 22 heavy (non-hydrogen) atoms. The minimum absolute atomic E-state index is 0.0994. The maximum absolute atomic E-state index is 12.5. The van der Waals surface area contributed by atoms with E-state index in [0.29, 0.717) is 6.04 Å².